The van der Waals surface area contributed by atoms with Crippen LogP contribution in [0.1, 0.15) is 71.8 Å². The minimum atomic E-state index is -0.778. The highest BCUT2D eigenvalue weighted by atomic mass is 16.3. The fourth-order valence-corrected chi connectivity index (χ4v) is 5.02. The van der Waals surface area contributed by atoms with Gasteiger partial charge in [0.1, 0.15) is 5.75 Å². The Labute approximate surface area is 186 Å². The maximum Gasteiger partial charge on any atom is 0.227 e. The number of benzene rings is 1. The SMILES string of the molecule is CCCC(C(=O)N1CCC(C#N)(c2ccccc2O)CC1)C(CCC)N(CC)C(C)=O. The Morgan fingerprint density at radius 1 is 1.16 bits per heavy atom. The molecule has 2 amide bonds. The Morgan fingerprint density at radius 3 is 2.26 bits per heavy atom. The summed E-state index contributed by atoms with van der Waals surface area (Å²) < 4.78 is 0. The number of nitriles is 1. The predicted molar refractivity (Wildman–Crippen MR) is 121 cm³/mol. The minimum Gasteiger partial charge on any atom is -0.508 e. The number of nitrogens with zero attached hydrogens (tertiary/aromatic N) is 3. The van der Waals surface area contributed by atoms with E-state index in [4.69, 9.17) is 0 Å². The Bertz CT molecular complexity index is 793. The number of para-hydroxylation sites is 1. The Balaban J connectivity index is 2.23. The lowest BCUT2D eigenvalue weighted by Crippen LogP contribution is -2.52. The van der Waals surface area contributed by atoms with E-state index in [0.29, 0.717) is 38.0 Å². The molecule has 1 aromatic carbocycles. The van der Waals surface area contributed by atoms with E-state index in [0.717, 1.165) is 25.7 Å². The molecule has 2 unspecified atom stereocenters. The maximum absolute atomic E-state index is 13.6. The van der Waals surface area contributed by atoms with Crippen LogP contribution in [0.3, 0.4) is 0 Å². The van der Waals surface area contributed by atoms with Crippen LogP contribution in [0.5, 0.6) is 5.75 Å². The average molecular weight is 428 g/mol. The summed E-state index contributed by atoms with van der Waals surface area (Å²) in [5.74, 6) is 0.00428. The standard InChI is InChI=1S/C25H37N3O3/c1-5-10-20(22(11-6-2)28(7-3)19(4)29)24(31)27-16-14-25(18-26,15-17-27)21-12-8-9-13-23(21)30/h8-9,12-13,20,22,30H,5-7,10-11,14-17H2,1-4H3. The first-order valence-corrected chi connectivity index (χ1v) is 11.6. The first-order chi connectivity index (χ1) is 14.8. The van der Waals surface area contributed by atoms with Crippen molar-refractivity contribution >= 4 is 11.8 Å². The normalized spacial score (nSPS) is 17.5. The third-order valence-electron chi connectivity index (χ3n) is 6.67. The van der Waals surface area contributed by atoms with Crippen LogP contribution in [0.15, 0.2) is 24.3 Å². The molecule has 0 aromatic heterocycles. The highest BCUT2D eigenvalue weighted by Crippen LogP contribution is 2.40. The summed E-state index contributed by atoms with van der Waals surface area (Å²) in [5, 5.41) is 20.2. The van der Waals surface area contributed by atoms with Gasteiger partial charge in [-0.1, -0.05) is 44.9 Å². The second-order valence-electron chi connectivity index (χ2n) is 8.59. The number of likely N-dealkylation sites (tertiary alicyclic amines) is 1. The van der Waals surface area contributed by atoms with Crippen molar-refractivity contribution in [1.82, 2.24) is 9.80 Å². The van der Waals surface area contributed by atoms with Crippen molar-refractivity contribution in [2.75, 3.05) is 19.6 Å². The first-order valence-electron chi connectivity index (χ1n) is 11.6. The fraction of sp³-hybridized carbons (Fsp3) is 0.640. The average Bonchev–Trinajstić information content (AvgIpc) is 2.77. The topological polar surface area (TPSA) is 84.6 Å². The molecule has 31 heavy (non-hydrogen) atoms. The lowest BCUT2D eigenvalue weighted by molar-refractivity contribution is -0.143. The Hall–Kier alpha value is -2.55. The molecular weight excluding hydrogens is 390 g/mol. The molecule has 1 N–H and O–H groups in total. The number of phenols is 1. The zero-order valence-electron chi connectivity index (χ0n) is 19.4. The van der Waals surface area contributed by atoms with E-state index >= 15 is 0 Å². The molecular formula is C25H37N3O3. The van der Waals surface area contributed by atoms with Crippen molar-refractivity contribution in [3.8, 4) is 11.8 Å². The van der Waals surface area contributed by atoms with Crippen molar-refractivity contribution in [2.45, 2.75) is 77.7 Å². The lowest BCUT2D eigenvalue weighted by atomic mass is 9.73. The van der Waals surface area contributed by atoms with Gasteiger partial charge in [0.25, 0.3) is 0 Å². The van der Waals surface area contributed by atoms with E-state index in [-0.39, 0.29) is 29.5 Å². The van der Waals surface area contributed by atoms with E-state index in [1.54, 1.807) is 25.1 Å². The summed E-state index contributed by atoms with van der Waals surface area (Å²) in [4.78, 5) is 29.6. The molecule has 0 saturated carbocycles. The number of aromatic hydroxyl groups is 1. The molecule has 6 nitrogen and oxygen atoms in total. The molecule has 1 heterocycles. The summed E-state index contributed by atoms with van der Waals surface area (Å²) in [5.41, 5.74) is -0.132. The number of rotatable bonds is 9. The maximum atomic E-state index is 13.6. The third-order valence-corrected chi connectivity index (χ3v) is 6.67. The van der Waals surface area contributed by atoms with Crippen molar-refractivity contribution in [2.24, 2.45) is 5.92 Å². The highest BCUT2D eigenvalue weighted by Gasteiger charge is 2.42. The summed E-state index contributed by atoms with van der Waals surface area (Å²) in [6.07, 6.45) is 4.32. The molecule has 170 valence electrons. The molecule has 2 rings (SSSR count). The number of carbonyl (C=O) groups is 2. The molecule has 0 radical (unpaired) electrons. The smallest absolute Gasteiger partial charge is 0.227 e. The second-order valence-corrected chi connectivity index (χ2v) is 8.59. The largest absolute Gasteiger partial charge is 0.508 e. The van der Waals surface area contributed by atoms with Crippen molar-refractivity contribution in [1.29, 1.82) is 5.26 Å². The van der Waals surface area contributed by atoms with Crippen molar-refractivity contribution < 1.29 is 14.7 Å². The predicted octanol–water partition coefficient (Wildman–Crippen LogP) is 4.23. The molecule has 1 aliphatic rings. The molecule has 0 spiro atoms. The number of piperidine rings is 1. The van der Waals surface area contributed by atoms with Crippen LogP contribution >= 0.6 is 0 Å². The van der Waals surface area contributed by atoms with Crippen LogP contribution in [0.2, 0.25) is 0 Å². The third kappa shape index (κ3) is 5.39. The zero-order valence-corrected chi connectivity index (χ0v) is 19.4. The van der Waals surface area contributed by atoms with Crippen LogP contribution in [0.25, 0.3) is 0 Å². The molecule has 0 aliphatic carbocycles. The van der Waals surface area contributed by atoms with Crippen LogP contribution in [0, 0.1) is 17.2 Å². The molecule has 1 saturated heterocycles. The van der Waals surface area contributed by atoms with Gasteiger partial charge in [0.05, 0.1) is 17.4 Å². The minimum absolute atomic E-state index is 0.0107. The molecule has 1 fully saturated rings. The van der Waals surface area contributed by atoms with E-state index in [1.165, 1.54) is 0 Å². The van der Waals surface area contributed by atoms with E-state index in [9.17, 15) is 20.0 Å². The Kier molecular flexibility index (Phi) is 8.91. The summed E-state index contributed by atoms with van der Waals surface area (Å²) in [6, 6.07) is 9.32. The van der Waals surface area contributed by atoms with Gasteiger partial charge in [0.15, 0.2) is 0 Å². The highest BCUT2D eigenvalue weighted by molar-refractivity contribution is 5.81. The second kappa shape index (κ2) is 11.2. The van der Waals surface area contributed by atoms with E-state index in [2.05, 4.69) is 19.9 Å². The number of hydrogen-bond acceptors (Lipinski definition) is 4. The van der Waals surface area contributed by atoms with Gasteiger partial charge in [0.2, 0.25) is 11.8 Å². The van der Waals surface area contributed by atoms with Crippen molar-refractivity contribution in [3.05, 3.63) is 29.8 Å². The van der Waals surface area contributed by atoms with Crippen LogP contribution in [-0.2, 0) is 15.0 Å². The van der Waals surface area contributed by atoms with Gasteiger partial charge in [0, 0.05) is 38.2 Å². The van der Waals surface area contributed by atoms with E-state index < -0.39 is 5.41 Å². The quantitative estimate of drug-likeness (QED) is 0.639. The fourth-order valence-electron chi connectivity index (χ4n) is 5.02. The van der Waals surface area contributed by atoms with Crippen molar-refractivity contribution in [3.63, 3.8) is 0 Å². The van der Waals surface area contributed by atoms with Gasteiger partial charge in [-0.25, -0.2) is 0 Å². The van der Waals surface area contributed by atoms with Gasteiger partial charge in [-0.05, 0) is 38.7 Å². The molecule has 6 heteroatoms. The summed E-state index contributed by atoms with van der Waals surface area (Å²) >= 11 is 0. The molecule has 1 aromatic rings. The number of carbonyl (C=O) groups excluding carboxylic acids is 2. The molecule has 1 aliphatic heterocycles. The first kappa shape index (κ1) is 24.7. The van der Waals surface area contributed by atoms with Crippen LogP contribution in [0.4, 0.5) is 0 Å². The van der Waals surface area contributed by atoms with Gasteiger partial charge < -0.3 is 14.9 Å². The number of hydrogen-bond donors (Lipinski definition) is 1. The van der Waals surface area contributed by atoms with Crippen LogP contribution < -0.4 is 0 Å². The zero-order chi connectivity index (χ0) is 23.0. The summed E-state index contributed by atoms with van der Waals surface area (Å²) in [7, 11) is 0. The van der Waals surface area contributed by atoms with Gasteiger partial charge in [-0.2, -0.15) is 5.26 Å². The molecule has 0 bridgehead atoms. The van der Waals surface area contributed by atoms with Gasteiger partial charge in [-0.3, -0.25) is 9.59 Å². The van der Waals surface area contributed by atoms with Gasteiger partial charge >= 0.3 is 0 Å². The number of phenolic OH excluding ortho intramolecular Hbond substituents is 1. The summed E-state index contributed by atoms with van der Waals surface area (Å²) in [6.45, 7) is 9.25. The molecule has 2 atom stereocenters. The van der Waals surface area contributed by atoms with Crippen LogP contribution in [-0.4, -0.2) is 52.4 Å². The number of amides is 2. The Morgan fingerprint density at radius 2 is 1.77 bits per heavy atom. The van der Waals surface area contributed by atoms with Gasteiger partial charge in [-0.15, -0.1) is 0 Å². The monoisotopic (exact) mass is 427 g/mol. The van der Waals surface area contributed by atoms with E-state index in [1.807, 2.05) is 22.8 Å². The lowest BCUT2D eigenvalue weighted by Gasteiger charge is -2.42.